The van der Waals surface area contributed by atoms with E-state index >= 15 is 0 Å². The number of hydrogen-bond donors (Lipinski definition) is 2. The summed E-state index contributed by atoms with van der Waals surface area (Å²) in [6.45, 7) is 0. The topological polar surface area (TPSA) is 29.1 Å². The molecule has 0 spiro atoms. The summed E-state index contributed by atoms with van der Waals surface area (Å²) >= 11 is 5.58. The Morgan fingerprint density at radius 3 is 2.20 bits per heavy atom. The van der Waals surface area contributed by atoms with Gasteiger partial charge in [0.2, 0.25) is 0 Å². The molecular formula is CH2NOSSe. The van der Waals surface area contributed by atoms with Gasteiger partial charge in [0.05, 0.1) is 0 Å². The molecule has 4 heteroatoms. The Bertz CT molecular complexity index is 46.9. The molecule has 0 rings (SSSR count). The molecule has 0 saturated carbocycles. The Morgan fingerprint density at radius 1 is 2.00 bits per heavy atom. The molecule has 1 N–H and O–H groups in total. The van der Waals surface area contributed by atoms with Crippen molar-refractivity contribution in [3.63, 3.8) is 0 Å². The van der Waals surface area contributed by atoms with Gasteiger partial charge in [-0.25, -0.2) is 0 Å². The molecule has 0 bridgehead atoms. The second-order valence-corrected chi connectivity index (χ2v) is 1.24. The first kappa shape index (κ1) is 5.34. The Morgan fingerprint density at radius 2 is 2.20 bits per heavy atom. The molecule has 0 saturated heterocycles. The number of carbonyl (C=O) groups excluding carboxylic acids is 1. The molecule has 0 unspecified atom stereocenters. The molecule has 0 atom stereocenters. The molecule has 2 nitrogen and oxygen atoms in total. The van der Waals surface area contributed by atoms with Crippen LogP contribution in [0.4, 0.5) is 4.79 Å². The van der Waals surface area contributed by atoms with Crippen LogP contribution in [0.3, 0.4) is 0 Å². The summed E-state index contributed by atoms with van der Waals surface area (Å²) in [5.41, 5.74) is 0. The maximum absolute atomic E-state index is 9.53. The van der Waals surface area contributed by atoms with E-state index in [0.717, 1.165) is 0 Å². The zero-order chi connectivity index (χ0) is 4.28. The third-order valence-electron chi connectivity index (χ3n) is 0.0873. The van der Waals surface area contributed by atoms with Gasteiger partial charge in [0, 0.05) is 0 Å². The van der Waals surface area contributed by atoms with Crippen LogP contribution in [0.25, 0.3) is 0 Å². The van der Waals surface area contributed by atoms with E-state index in [1.165, 1.54) is 0 Å². The van der Waals surface area contributed by atoms with Crippen LogP contribution in [0.1, 0.15) is 0 Å². The predicted molar refractivity (Wildman–Crippen MR) is 23.3 cm³/mol. The van der Waals surface area contributed by atoms with Crippen LogP contribution in [0.5, 0.6) is 0 Å². The summed E-state index contributed by atoms with van der Waals surface area (Å²) in [6.07, 6.45) is 0. The van der Waals surface area contributed by atoms with Gasteiger partial charge >= 0.3 is 43.2 Å². The van der Waals surface area contributed by atoms with Crippen LogP contribution in [0.2, 0.25) is 0 Å². The number of rotatable bonds is 0. The zero-order valence-electron chi connectivity index (χ0n) is 2.26. The normalized spacial score (nSPS) is 6.80. The molecule has 0 aromatic heterocycles. The fourth-order valence-electron chi connectivity index (χ4n) is 0. The minimum atomic E-state index is -0.356. The molecule has 0 aromatic rings. The molecule has 0 aliphatic rings. The Hall–Kier alpha value is 0.339. The van der Waals surface area contributed by atoms with E-state index in [1.54, 1.807) is 0 Å². The third kappa shape index (κ3) is 4.34. The SMILES string of the molecule is O=C(S)N[Se]. The van der Waals surface area contributed by atoms with Gasteiger partial charge in [-0.3, -0.25) is 0 Å². The fraction of sp³-hybridized carbons (Fsp3) is 0. The van der Waals surface area contributed by atoms with Gasteiger partial charge < -0.3 is 0 Å². The van der Waals surface area contributed by atoms with Gasteiger partial charge in [0.1, 0.15) is 0 Å². The number of nitrogens with one attached hydrogen (secondary N) is 1. The molecule has 0 aliphatic carbocycles. The van der Waals surface area contributed by atoms with E-state index in [4.69, 9.17) is 0 Å². The van der Waals surface area contributed by atoms with Gasteiger partial charge in [-0.15, -0.1) is 0 Å². The summed E-state index contributed by atoms with van der Waals surface area (Å²) in [4.78, 5) is 9.53. The molecule has 0 aliphatic heterocycles. The first-order valence-corrected chi connectivity index (χ1v) is 2.19. The number of thiol groups is 1. The summed E-state index contributed by atoms with van der Waals surface area (Å²) in [5.74, 6) is 0. The van der Waals surface area contributed by atoms with Crippen molar-refractivity contribution in [2.75, 3.05) is 0 Å². The van der Waals surface area contributed by atoms with Gasteiger partial charge in [0.25, 0.3) is 0 Å². The van der Waals surface area contributed by atoms with E-state index in [1.807, 2.05) is 0 Å². The first-order valence-electron chi connectivity index (χ1n) is 0.882. The molecule has 0 aromatic carbocycles. The molecule has 1 amide bonds. The van der Waals surface area contributed by atoms with Crippen molar-refractivity contribution in [2.45, 2.75) is 0 Å². The van der Waals surface area contributed by atoms with Crippen molar-refractivity contribution in [1.82, 2.24) is 4.33 Å². The maximum atomic E-state index is 9.53. The Kier molecular flexibility index (Phi) is 2.74. The van der Waals surface area contributed by atoms with Crippen molar-refractivity contribution in [2.24, 2.45) is 0 Å². The van der Waals surface area contributed by atoms with Crippen molar-refractivity contribution >= 4 is 34.1 Å². The minimum absolute atomic E-state index is 0.356. The summed E-state index contributed by atoms with van der Waals surface area (Å²) in [6, 6.07) is 0. The standard InChI is InChI=1S/CH2NOSSe/c3-1(4)2-5/h(H2,2,3,4). The summed E-state index contributed by atoms with van der Waals surface area (Å²) in [5, 5.41) is -0.356. The van der Waals surface area contributed by atoms with Gasteiger partial charge in [-0.1, -0.05) is 0 Å². The summed E-state index contributed by atoms with van der Waals surface area (Å²) in [7, 11) is 0. The van der Waals surface area contributed by atoms with Crippen molar-refractivity contribution in [1.29, 1.82) is 0 Å². The molecular weight excluding hydrogens is 153 g/mol. The average molecular weight is 155 g/mol. The average Bonchev–Trinajstić information content (AvgIpc) is 1.38. The fourth-order valence-corrected chi connectivity index (χ4v) is 0. The van der Waals surface area contributed by atoms with Crippen molar-refractivity contribution in [3.05, 3.63) is 0 Å². The molecule has 0 fully saturated rings. The van der Waals surface area contributed by atoms with E-state index in [9.17, 15) is 4.79 Å². The molecule has 0 heterocycles. The monoisotopic (exact) mass is 156 g/mol. The third-order valence-corrected chi connectivity index (χ3v) is 0.928. The Labute approximate surface area is 43.8 Å². The van der Waals surface area contributed by atoms with Gasteiger partial charge in [0.15, 0.2) is 0 Å². The van der Waals surface area contributed by atoms with Gasteiger partial charge in [-0.05, 0) is 0 Å². The van der Waals surface area contributed by atoms with E-state index < -0.39 is 0 Å². The summed E-state index contributed by atoms with van der Waals surface area (Å²) < 4.78 is 2.13. The van der Waals surface area contributed by atoms with Crippen LogP contribution in [0.15, 0.2) is 0 Å². The van der Waals surface area contributed by atoms with Crippen LogP contribution in [-0.2, 0) is 0 Å². The van der Waals surface area contributed by atoms with Crippen LogP contribution < -0.4 is 4.33 Å². The molecule has 1 radical (unpaired) electrons. The number of carbonyl (C=O) groups is 1. The number of amides is 1. The quantitative estimate of drug-likeness (QED) is 0.365. The second kappa shape index (κ2) is 2.57. The van der Waals surface area contributed by atoms with E-state index in [0.29, 0.717) is 0 Å². The van der Waals surface area contributed by atoms with Crippen molar-refractivity contribution in [3.8, 4) is 0 Å². The molecule has 5 heavy (non-hydrogen) atoms. The van der Waals surface area contributed by atoms with Gasteiger partial charge in [-0.2, -0.15) is 0 Å². The van der Waals surface area contributed by atoms with Crippen molar-refractivity contribution < 1.29 is 4.79 Å². The van der Waals surface area contributed by atoms with Crippen LogP contribution in [-0.4, -0.2) is 21.5 Å². The van der Waals surface area contributed by atoms with E-state index in [-0.39, 0.29) is 5.24 Å². The van der Waals surface area contributed by atoms with E-state index in [2.05, 4.69) is 33.2 Å². The zero-order valence-corrected chi connectivity index (χ0v) is 4.87. The predicted octanol–water partition coefficient (Wildman–Crippen LogP) is -0.291. The second-order valence-electron chi connectivity index (χ2n) is 0.407. The molecule has 29 valence electrons. The van der Waals surface area contributed by atoms with Crippen LogP contribution in [0, 0.1) is 0 Å². The first-order chi connectivity index (χ1) is 2.27. The van der Waals surface area contributed by atoms with Crippen LogP contribution >= 0.6 is 12.6 Å². The number of hydrogen-bond acceptors (Lipinski definition) is 1. The Balaban J connectivity index is 2.85.